The number of halogens is 3. The van der Waals surface area contributed by atoms with Crippen LogP contribution in [0.15, 0.2) is 18.2 Å². The molecule has 0 unspecified atom stereocenters. The minimum atomic E-state index is -2.83. The first kappa shape index (κ1) is 8.27. The van der Waals surface area contributed by atoms with E-state index in [1.807, 2.05) is 0 Å². The molecule has 0 saturated heterocycles. The minimum Gasteiger partial charge on any atom is -0.434 e. The number of rotatable bonds is 2. The van der Waals surface area contributed by atoms with E-state index in [4.69, 9.17) is 11.6 Å². The van der Waals surface area contributed by atoms with E-state index in [0.29, 0.717) is 0 Å². The molecule has 0 bridgehead atoms. The van der Waals surface area contributed by atoms with Crippen molar-refractivity contribution < 1.29 is 13.5 Å². The molecule has 0 heterocycles. The van der Waals surface area contributed by atoms with Crippen LogP contribution in [0, 0.1) is 6.07 Å². The highest BCUT2D eigenvalue weighted by atomic mass is 35.5. The summed E-state index contributed by atoms with van der Waals surface area (Å²) in [5.74, 6) is -0.0486. The fourth-order valence-electron chi connectivity index (χ4n) is 0.586. The van der Waals surface area contributed by atoms with Gasteiger partial charge in [0.25, 0.3) is 0 Å². The molecule has 0 spiro atoms. The molecule has 0 aliphatic rings. The maximum atomic E-state index is 11.6. The third kappa shape index (κ3) is 2.72. The largest absolute Gasteiger partial charge is 0.434 e. The van der Waals surface area contributed by atoms with Crippen LogP contribution in [0.4, 0.5) is 8.78 Å². The quantitative estimate of drug-likeness (QED) is 0.675. The lowest BCUT2D eigenvalue weighted by Gasteiger charge is -2.02. The third-order valence-corrected chi connectivity index (χ3v) is 1.17. The van der Waals surface area contributed by atoms with E-state index in [-0.39, 0.29) is 10.8 Å². The highest BCUT2D eigenvalue weighted by Gasteiger charge is 2.03. The highest BCUT2D eigenvalue weighted by Crippen LogP contribution is 2.17. The van der Waals surface area contributed by atoms with Crippen LogP contribution in [0.2, 0.25) is 5.02 Å². The zero-order chi connectivity index (χ0) is 8.27. The molecule has 0 N–H and O–H groups in total. The Hall–Kier alpha value is -0.830. The molecule has 0 amide bonds. The number of benzene rings is 1. The summed E-state index contributed by atoms with van der Waals surface area (Å²) in [6.07, 6.45) is 0. The zero-order valence-corrected chi connectivity index (χ0v) is 6.11. The summed E-state index contributed by atoms with van der Waals surface area (Å²) >= 11 is 5.45. The van der Waals surface area contributed by atoms with Gasteiger partial charge >= 0.3 is 6.61 Å². The van der Waals surface area contributed by atoms with Gasteiger partial charge in [-0.2, -0.15) is 8.78 Å². The maximum Gasteiger partial charge on any atom is 0.387 e. The lowest BCUT2D eigenvalue weighted by atomic mass is 10.3. The van der Waals surface area contributed by atoms with Crippen molar-refractivity contribution in [2.24, 2.45) is 0 Å². The molecular weight excluding hydrogens is 174 g/mol. The van der Waals surface area contributed by atoms with Gasteiger partial charge < -0.3 is 4.74 Å². The maximum absolute atomic E-state index is 11.6. The average Bonchev–Trinajstić information content (AvgIpc) is 1.85. The highest BCUT2D eigenvalue weighted by molar-refractivity contribution is 6.30. The summed E-state index contributed by atoms with van der Waals surface area (Å²) in [6.45, 7) is -2.83. The van der Waals surface area contributed by atoms with Crippen molar-refractivity contribution in [3.63, 3.8) is 0 Å². The Morgan fingerprint density at radius 3 is 2.73 bits per heavy atom. The van der Waals surface area contributed by atoms with Crippen LogP contribution in [-0.4, -0.2) is 6.61 Å². The van der Waals surface area contributed by atoms with E-state index in [2.05, 4.69) is 10.8 Å². The van der Waals surface area contributed by atoms with E-state index in [1.165, 1.54) is 18.2 Å². The summed E-state index contributed by atoms with van der Waals surface area (Å²) in [7, 11) is 0. The summed E-state index contributed by atoms with van der Waals surface area (Å²) in [6, 6.07) is 6.80. The predicted octanol–water partition coefficient (Wildman–Crippen LogP) is 2.74. The molecule has 0 fully saturated rings. The van der Waals surface area contributed by atoms with Crippen molar-refractivity contribution in [3.8, 4) is 5.75 Å². The van der Waals surface area contributed by atoms with Gasteiger partial charge in [0.15, 0.2) is 0 Å². The van der Waals surface area contributed by atoms with Gasteiger partial charge in [-0.3, -0.25) is 0 Å². The molecule has 0 saturated carbocycles. The summed E-state index contributed by atoms with van der Waals surface area (Å²) < 4.78 is 27.2. The van der Waals surface area contributed by atoms with Crippen molar-refractivity contribution in [2.45, 2.75) is 6.61 Å². The minimum absolute atomic E-state index is 0.0486. The molecule has 0 aromatic heterocycles. The monoisotopic (exact) mass is 177 g/mol. The van der Waals surface area contributed by atoms with Gasteiger partial charge in [0.2, 0.25) is 0 Å². The van der Waals surface area contributed by atoms with Crippen LogP contribution >= 0.6 is 11.6 Å². The standard InChI is InChI=1S/C7H4ClF2O/c8-5-2-1-3-6(4-5)11-7(9)10/h1-3,7H. The Kier molecular flexibility index (Phi) is 2.65. The Morgan fingerprint density at radius 2 is 2.18 bits per heavy atom. The molecule has 4 heteroatoms. The first-order valence-electron chi connectivity index (χ1n) is 2.81. The first-order chi connectivity index (χ1) is 5.18. The Bertz CT molecular complexity index is 240. The van der Waals surface area contributed by atoms with Crippen molar-refractivity contribution in [1.29, 1.82) is 0 Å². The van der Waals surface area contributed by atoms with E-state index >= 15 is 0 Å². The topological polar surface area (TPSA) is 9.23 Å². The molecule has 1 aromatic rings. The molecule has 11 heavy (non-hydrogen) atoms. The summed E-state index contributed by atoms with van der Waals surface area (Å²) in [5, 5.41) is 0.253. The van der Waals surface area contributed by atoms with Crippen molar-refractivity contribution in [1.82, 2.24) is 0 Å². The van der Waals surface area contributed by atoms with Gasteiger partial charge in [0, 0.05) is 6.07 Å². The van der Waals surface area contributed by atoms with Gasteiger partial charge in [-0.05, 0) is 12.1 Å². The smallest absolute Gasteiger partial charge is 0.387 e. The second-order valence-electron chi connectivity index (χ2n) is 1.74. The summed E-state index contributed by atoms with van der Waals surface area (Å²) in [5.41, 5.74) is 0. The molecule has 59 valence electrons. The number of hydrogen-bond donors (Lipinski definition) is 0. The lowest BCUT2D eigenvalue weighted by Crippen LogP contribution is -2.01. The lowest BCUT2D eigenvalue weighted by molar-refractivity contribution is -0.0500. The Morgan fingerprint density at radius 1 is 1.45 bits per heavy atom. The van der Waals surface area contributed by atoms with Crippen LogP contribution in [0.5, 0.6) is 5.75 Å². The van der Waals surface area contributed by atoms with Crippen LogP contribution in [-0.2, 0) is 0 Å². The normalized spacial score (nSPS) is 10.2. The molecule has 1 rings (SSSR count). The SMILES string of the molecule is FC(F)Oc1[c]c(Cl)ccc1. The molecule has 0 atom stereocenters. The van der Waals surface area contributed by atoms with Crippen LogP contribution in [0.1, 0.15) is 0 Å². The van der Waals surface area contributed by atoms with E-state index in [1.54, 1.807) is 0 Å². The Labute approximate surface area is 67.5 Å². The van der Waals surface area contributed by atoms with E-state index in [0.717, 1.165) is 0 Å². The van der Waals surface area contributed by atoms with E-state index in [9.17, 15) is 8.78 Å². The van der Waals surface area contributed by atoms with Gasteiger partial charge in [-0.1, -0.05) is 17.7 Å². The van der Waals surface area contributed by atoms with Gasteiger partial charge in [0.1, 0.15) is 5.75 Å². The first-order valence-corrected chi connectivity index (χ1v) is 3.19. The molecule has 1 nitrogen and oxygen atoms in total. The van der Waals surface area contributed by atoms with Gasteiger partial charge in [-0.25, -0.2) is 0 Å². The number of ether oxygens (including phenoxy) is 1. The summed E-state index contributed by atoms with van der Waals surface area (Å²) in [4.78, 5) is 0. The molecular formula is C7H4ClF2O. The second kappa shape index (κ2) is 3.53. The van der Waals surface area contributed by atoms with Crippen molar-refractivity contribution in [3.05, 3.63) is 29.3 Å². The second-order valence-corrected chi connectivity index (χ2v) is 2.15. The number of alkyl halides is 2. The van der Waals surface area contributed by atoms with Crippen LogP contribution < -0.4 is 4.74 Å². The van der Waals surface area contributed by atoms with Crippen LogP contribution in [0.3, 0.4) is 0 Å². The van der Waals surface area contributed by atoms with Crippen molar-refractivity contribution >= 4 is 11.6 Å². The fourth-order valence-corrected chi connectivity index (χ4v) is 0.752. The van der Waals surface area contributed by atoms with Gasteiger partial charge in [-0.15, -0.1) is 0 Å². The molecule has 1 aromatic carbocycles. The zero-order valence-electron chi connectivity index (χ0n) is 5.35. The fraction of sp³-hybridized carbons (Fsp3) is 0.143. The number of hydrogen-bond acceptors (Lipinski definition) is 1. The van der Waals surface area contributed by atoms with Crippen molar-refractivity contribution in [2.75, 3.05) is 0 Å². The average molecular weight is 178 g/mol. The van der Waals surface area contributed by atoms with Gasteiger partial charge in [0.05, 0.1) is 5.02 Å². The molecule has 0 aliphatic carbocycles. The van der Waals surface area contributed by atoms with E-state index < -0.39 is 6.61 Å². The third-order valence-electron chi connectivity index (χ3n) is 0.949. The van der Waals surface area contributed by atoms with Crippen LogP contribution in [0.25, 0.3) is 0 Å². The Balaban J connectivity index is 2.71. The molecule has 1 radical (unpaired) electrons. The molecule has 0 aliphatic heterocycles. The predicted molar refractivity (Wildman–Crippen MR) is 36.9 cm³/mol.